The van der Waals surface area contributed by atoms with Gasteiger partial charge in [-0.1, -0.05) is 0 Å². The molecular weight excluding hydrogens is 185 g/mol. The van der Waals surface area contributed by atoms with Gasteiger partial charge in [-0.15, -0.1) is 0 Å². The molecule has 0 aromatic rings. The smallest absolute Gasteiger partial charge is 0.363 e. The van der Waals surface area contributed by atoms with Crippen LogP contribution in [0.4, 0.5) is 13.2 Å². The Morgan fingerprint density at radius 1 is 1.54 bits per heavy atom. The third-order valence-corrected chi connectivity index (χ3v) is 1.81. The molecule has 0 bridgehead atoms. The molecular formula is C7H9F3N2O. The number of rotatable bonds is 0. The van der Waals surface area contributed by atoms with Gasteiger partial charge in [-0.2, -0.15) is 18.2 Å². The highest BCUT2D eigenvalue weighted by atomic mass is 19.4. The largest absolute Gasteiger partial charge is 0.473 e. The van der Waals surface area contributed by atoms with Gasteiger partial charge in [0.05, 0.1) is 0 Å². The van der Waals surface area contributed by atoms with Crippen LogP contribution in [0.1, 0.15) is 12.8 Å². The van der Waals surface area contributed by atoms with Crippen LogP contribution in [-0.2, 0) is 4.79 Å². The van der Waals surface area contributed by atoms with Crippen LogP contribution in [0, 0.1) is 0 Å². The van der Waals surface area contributed by atoms with E-state index in [1.807, 2.05) is 0 Å². The van der Waals surface area contributed by atoms with Gasteiger partial charge in [0.15, 0.2) is 0 Å². The summed E-state index contributed by atoms with van der Waals surface area (Å²) < 4.78 is 35.3. The second-order valence-corrected chi connectivity index (χ2v) is 2.86. The second-order valence-electron chi connectivity index (χ2n) is 2.86. The van der Waals surface area contributed by atoms with E-state index in [9.17, 15) is 18.0 Å². The van der Waals surface area contributed by atoms with E-state index in [1.54, 1.807) is 11.9 Å². The Balaban J connectivity index is 2.71. The van der Waals surface area contributed by atoms with E-state index in [1.165, 1.54) is 0 Å². The molecule has 1 saturated heterocycles. The average Bonchev–Trinajstić information content (AvgIpc) is 2.34. The van der Waals surface area contributed by atoms with Gasteiger partial charge in [0.2, 0.25) is 0 Å². The number of alkyl halides is 3. The van der Waals surface area contributed by atoms with E-state index >= 15 is 0 Å². The standard InChI is InChI=1S/C7H9F3N2O/c1-12-4-2-3-5(12)11-6(13)7(8,9)10/h2-4H2,1H3. The van der Waals surface area contributed by atoms with Gasteiger partial charge in [-0.25, -0.2) is 0 Å². The molecule has 0 spiro atoms. The fourth-order valence-corrected chi connectivity index (χ4v) is 1.12. The quantitative estimate of drug-likeness (QED) is 0.580. The van der Waals surface area contributed by atoms with Crippen molar-refractivity contribution in [1.29, 1.82) is 0 Å². The summed E-state index contributed by atoms with van der Waals surface area (Å²) in [5.41, 5.74) is 0. The minimum Gasteiger partial charge on any atom is -0.363 e. The number of halogens is 3. The molecule has 74 valence electrons. The van der Waals surface area contributed by atoms with E-state index in [-0.39, 0.29) is 5.84 Å². The van der Waals surface area contributed by atoms with Crippen molar-refractivity contribution in [2.24, 2.45) is 4.99 Å². The Labute approximate surface area is 73.2 Å². The number of amidine groups is 1. The first-order valence-corrected chi connectivity index (χ1v) is 3.81. The molecule has 3 nitrogen and oxygen atoms in total. The molecule has 13 heavy (non-hydrogen) atoms. The van der Waals surface area contributed by atoms with Crippen molar-refractivity contribution < 1.29 is 18.0 Å². The summed E-state index contributed by atoms with van der Waals surface area (Å²) in [5, 5.41) is 0. The van der Waals surface area contributed by atoms with E-state index in [2.05, 4.69) is 4.99 Å². The predicted molar refractivity (Wildman–Crippen MR) is 40.4 cm³/mol. The van der Waals surface area contributed by atoms with Gasteiger partial charge in [0.1, 0.15) is 5.84 Å². The van der Waals surface area contributed by atoms with Gasteiger partial charge in [0.25, 0.3) is 0 Å². The van der Waals surface area contributed by atoms with Crippen LogP contribution < -0.4 is 0 Å². The van der Waals surface area contributed by atoms with Crippen molar-refractivity contribution in [2.75, 3.05) is 13.6 Å². The highest BCUT2D eigenvalue weighted by molar-refractivity contribution is 5.97. The summed E-state index contributed by atoms with van der Waals surface area (Å²) in [4.78, 5) is 15.0. The van der Waals surface area contributed by atoms with Crippen LogP contribution in [0.3, 0.4) is 0 Å². The number of amides is 1. The number of hydrogen-bond acceptors (Lipinski definition) is 1. The summed E-state index contributed by atoms with van der Waals surface area (Å²) in [6.07, 6.45) is -3.66. The molecule has 0 aliphatic carbocycles. The summed E-state index contributed by atoms with van der Waals surface area (Å²) >= 11 is 0. The van der Waals surface area contributed by atoms with Gasteiger partial charge in [0, 0.05) is 20.0 Å². The zero-order valence-corrected chi connectivity index (χ0v) is 7.06. The molecule has 0 unspecified atom stereocenters. The van der Waals surface area contributed by atoms with Crippen molar-refractivity contribution in [2.45, 2.75) is 19.0 Å². The van der Waals surface area contributed by atoms with Crippen LogP contribution in [-0.4, -0.2) is 36.4 Å². The summed E-state index contributed by atoms with van der Waals surface area (Å²) in [6.45, 7) is 0.657. The SMILES string of the molecule is CN1CCCC1=NC(=O)C(F)(F)F. The first-order chi connectivity index (χ1) is 5.91. The van der Waals surface area contributed by atoms with Crippen molar-refractivity contribution in [3.05, 3.63) is 0 Å². The molecule has 0 aromatic carbocycles. The van der Waals surface area contributed by atoms with Gasteiger partial charge in [-0.05, 0) is 6.42 Å². The fourth-order valence-electron chi connectivity index (χ4n) is 1.12. The molecule has 1 aliphatic heterocycles. The maximum atomic E-state index is 11.8. The van der Waals surface area contributed by atoms with Crippen molar-refractivity contribution >= 4 is 11.7 Å². The molecule has 0 aromatic heterocycles. The Kier molecular flexibility index (Phi) is 2.58. The molecule has 0 N–H and O–H groups in total. The van der Waals surface area contributed by atoms with Crippen LogP contribution in [0.2, 0.25) is 0 Å². The number of carbonyl (C=O) groups is 1. The fraction of sp³-hybridized carbons (Fsp3) is 0.714. The molecule has 0 radical (unpaired) electrons. The molecule has 1 fully saturated rings. The second kappa shape index (κ2) is 3.35. The molecule has 6 heteroatoms. The minimum atomic E-state index is -4.85. The van der Waals surface area contributed by atoms with Crippen molar-refractivity contribution in [3.63, 3.8) is 0 Å². The number of aliphatic imine (C=N–C) groups is 1. The van der Waals surface area contributed by atoms with E-state index in [0.29, 0.717) is 13.0 Å². The molecule has 1 heterocycles. The van der Waals surface area contributed by atoms with Crippen LogP contribution in [0.15, 0.2) is 4.99 Å². The van der Waals surface area contributed by atoms with Crippen molar-refractivity contribution in [1.82, 2.24) is 4.90 Å². The summed E-state index contributed by atoms with van der Waals surface area (Å²) in [5.74, 6) is -1.79. The molecule has 0 saturated carbocycles. The molecule has 1 aliphatic rings. The van der Waals surface area contributed by atoms with Gasteiger partial charge >= 0.3 is 12.1 Å². The third kappa shape index (κ3) is 2.43. The van der Waals surface area contributed by atoms with Gasteiger partial charge < -0.3 is 4.90 Å². The monoisotopic (exact) mass is 194 g/mol. The lowest BCUT2D eigenvalue weighted by Crippen LogP contribution is -2.26. The third-order valence-electron chi connectivity index (χ3n) is 1.81. The van der Waals surface area contributed by atoms with Crippen LogP contribution in [0.5, 0.6) is 0 Å². The Bertz CT molecular complexity index is 247. The molecule has 1 amide bonds. The summed E-state index contributed by atoms with van der Waals surface area (Å²) in [6, 6.07) is 0. The summed E-state index contributed by atoms with van der Waals surface area (Å²) in [7, 11) is 1.62. The Hall–Kier alpha value is -1.07. The Morgan fingerprint density at radius 2 is 2.15 bits per heavy atom. The highest BCUT2D eigenvalue weighted by Crippen LogP contribution is 2.18. The number of carbonyl (C=O) groups excluding carboxylic acids is 1. The first-order valence-electron chi connectivity index (χ1n) is 3.81. The van der Waals surface area contributed by atoms with E-state index in [0.717, 1.165) is 6.42 Å². The lowest BCUT2D eigenvalue weighted by atomic mass is 10.4. The van der Waals surface area contributed by atoms with E-state index in [4.69, 9.17) is 0 Å². The maximum Gasteiger partial charge on any atom is 0.473 e. The van der Waals surface area contributed by atoms with Gasteiger partial charge in [-0.3, -0.25) is 4.79 Å². The highest BCUT2D eigenvalue weighted by Gasteiger charge is 2.39. The number of nitrogens with zero attached hydrogens (tertiary/aromatic N) is 2. The molecule has 1 rings (SSSR count). The zero-order valence-electron chi connectivity index (χ0n) is 7.06. The van der Waals surface area contributed by atoms with Crippen LogP contribution in [0.25, 0.3) is 0 Å². The Morgan fingerprint density at radius 3 is 2.54 bits per heavy atom. The van der Waals surface area contributed by atoms with Crippen molar-refractivity contribution in [3.8, 4) is 0 Å². The number of likely N-dealkylation sites (tertiary alicyclic amines) is 1. The zero-order chi connectivity index (χ0) is 10.1. The average molecular weight is 194 g/mol. The normalized spacial score (nSPS) is 21.2. The number of hydrogen-bond donors (Lipinski definition) is 0. The lowest BCUT2D eigenvalue weighted by molar-refractivity contribution is -0.169. The minimum absolute atomic E-state index is 0.224. The first kappa shape index (κ1) is 10.0. The predicted octanol–water partition coefficient (Wildman–Crippen LogP) is 1.20. The van der Waals surface area contributed by atoms with E-state index < -0.39 is 12.1 Å². The lowest BCUT2D eigenvalue weighted by Gasteiger charge is -2.10. The maximum absolute atomic E-state index is 11.8. The molecule has 0 atom stereocenters. The topological polar surface area (TPSA) is 32.7 Å². The van der Waals surface area contributed by atoms with Crippen LogP contribution >= 0.6 is 0 Å².